The lowest BCUT2D eigenvalue weighted by atomic mass is 10.0. The van der Waals surface area contributed by atoms with Crippen LogP contribution in [-0.4, -0.2) is 44.1 Å². The van der Waals surface area contributed by atoms with Crippen molar-refractivity contribution in [3.63, 3.8) is 0 Å². The Morgan fingerprint density at radius 1 is 1.50 bits per heavy atom. The van der Waals surface area contributed by atoms with Gasteiger partial charge in [0, 0.05) is 25.0 Å². The fourth-order valence-electron chi connectivity index (χ4n) is 2.06. The molecular formula is C10H13N3O3. The second-order valence-electron chi connectivity index (χ2n) is 3.92. The quantitative estimate of drug-likeness (QED) is 0.758. The van der Waals surface area contributed by atoms with E-state index < -0.39 is 11.9 Å². The Balaban J connectivity index is 2.13. The van der Waals surface area contributed by atoms with Crippen LogP contribution in [0.15, 0.2) is 18.7 Å². The minimum atomic E-state index is -0.839. The minimum absolute atomic E-state index is 0.214. The Kier molecular flexibility index (Phi) is 2.64. The molecule has 86 valence electrons. The van der Waals surface area contributed by atoms with Crippen LogP contribution in [0.3, 0.4) is 0 Å². The van der Waals surface area contributed by atoms with Crippen molar-refractivity contribution in [1.29, 1.82) is 0 Å². The number of likely N-dealkylation sites (tertiary alicyclic amines) is 1. The van der Waals surface area contributed by atoms with Gasteiger partial charge in [0.2, 0.25) is 0 Å². The molecule has 0 aliphatic carbocycles. The second-order valence-corrected chi connectivity index (χ2v) is 3.92. The van der Waals surface area contributed by atoms with E-state index in [-0.39, 0.29) is 12.1 Å². The van der Waals surface area contributed by atoms with Gasteiger partial charge in [-0.2, -0.15) is 0 Å². The molecule has 0 aromatic carbocycles. The molecular weight excluding hydrogens is 210 g/mol. The molecule has 6 heteroatoms. The van der Waals surface area contributed by atoms with Gasteiger partial charge in [-0.15, -0.1) is 0 Å². The first-order valence-electron chi connectivity index (χ1n) is 5.13. The summed E-state index contributed by atoms with van der Waals surface area (Å²) >= 11 is 0. The van der Waals surface area contributed by atoms with E-state index in [0.29, 0.717) is 13.0 Å². The summed E-state index contributed by atoms with van der Waals surface area (Å²) in [6.07, 6.45) is 5.01. The SMILES string of the molecule is CC1[C@H](C(=O)O)CCN1C(=O)n1ccnc1. The Hall–Kier alpha value is -1.85. The first-order valence-corrected chi connectivity index (χ1v) is 5.13. The van der Waals surface area contributed by atoms with Crippen LogP contribution in [0.25, 0.3) is 0 Å². The van der Waals surface area contributed by atoms with E-state index in [2.05, 4.69) is 4.98 Å². The Morgan fingerprint density at radius 3 is 2.75 bits per heavy atom. The molecule has 1 aromatic heterocycles. The number of nitrogens with zero attached hydrogens (tertiary/aromatic N) is 3. The highest BCUT2D eigenvalue weighted by atomic mass is 16.4. The fourth-order valence-corrected chi connectivity index (χ4v) is 2.06. The summed E-state index contributed by atoms with van der Waals surface area (Å²) in [4.78, 5) is 28.2. The average Bonchev–Trinajstić information content (AvgIpc) is 2.84. The molecule has 2 heterocycles. The van der Waals surface area contributed by atoms with E-state index in [1.165, 1.54) is 17.1 Å². The summed E-state index contributed by atoms with van der Waals surface area (Å²) in [6.45, 7) is 2.25. The zero-order chi connectivity index (χ0) is 11.7. The molecule has 1 aliphatic heterocycles. The van der Waals surface area contributed by atoms with Gasteiger partial charge in [0.25, 0.3) is 0 Å². The molecule has 2 atom stereocenters. The molecule has 1 aromatic rings. The number of carboxylic acid groups (broad SMARTS) is 1. The second kappa shape index (κ2) is 3.96. The van der Waals surface area contributed by atoms with Gasteiger partial charge in [-0.1, -0.05) is 0 Å². The van der Waals surface area contributed by atoms with Crippen LogP contribution >= 0.6 is 0 Å². The largest absolute Gasteiger partial charge is 0.481 e. The summed E-state index contributed by atoms with van der Waals surface area (Å²) in [5.74, 6) is -1.30. The maximum Gasteiger partial charge on any atom is 0.329 e. The highest BCUT2D eigenvalue weighted by Crippen LogP contribution is 2.24. The molecule has 1 N–H and O–H groups in total. The Labute approximate surface area is 92.5 Å². The lowest BCUT2D eigenvalue weighted by molar-refractivity contribution is -0.142. The van der Waals surface area contributed by atoms with Crippen molar-refractivity contribution < 1.29 is 14.7 Å². The van der Waals surface area contributed by atoms with Crippen molar-refractivity contribution in [2.45, 2.75) is 19.4 Å². The molecule has 1 unspecified atom stereocenters. The van der Waals surface area contributed by atoms with Crippen LogP contribution < -0.4 is 0 Å². The van der Waals surface area contributed by atoms with E-state index in [4.69, 9.17) is 5.11 Å². The molecule has 1 saturated heterocycles. The van der Waals surface area contributed by atoms with E-state index in [9.17, 15) is 9.59 Å². The summed E-state index contributed by atoms with van der Waals surface area (Å²) in [6, 6.07) is -0.485. The monoisotopic (exact) mass is 223 g/mol. The van der Waals surface area contributed by atoms with E-state index in [1.807, 2.05) is 0 Å². The lowest BCUT2D eigenvalue weighted by Crippen LogP contribution is -2.39. The molecule has 0 bridgehead atoms. The van der Waals surface area contributed by atoms with Crippen LogP contribution in [-0.2, 0) is 4.79 Å². The third-order valence-corrected chi connectivity index (χ3v) is 3.04. The van der Waals surface area contributed by atoms with Crippen LogP contribution in [0.5, 0.6) is 0 Å². The van der Waals surface area contributed by atoms with Gasteiger partial charge in [-0.25, -0.2) is 9.78 Å². The minimum Gasteiger partial charge on any atom is -0.481 e. The molecule has 0 saturated carbocycles. The molecule has 16 heavy (non-hydrogen) atoms. The lowest BCUT2D eigenvalue weighted by Gasteiger charge is -2.22. The summed E-state index contributed by atoms with van der Waals surface area (Å²) in [7, 11) is 0. The smallest absolute Gasteiger partial charge is 0.329 e. The van der Waals surface area contributed by atoms with Gasteiger partial charge in [0.1, 0.15) is 6.33 Å². The van der Waals surface area contributed by atoms with E-state index in [0.717, 1.165) is 0 Å². The zero-order valence-corrected chi connectivity index (χ0v) is 8.91. The summed E-state index contributed by atoms with van der Waals surface area (Å²) < 4.78 is 1.36. The molecule has 2 rings (SSSR count). The van der Waals surface area contributed by atoms with Gasteiger partial charge >= 0.3 is 12.0 Å². The normalized spacial score (nSPS) is 24.7. The molecule has 1 fully saturated rings. The van der Waals surface area contributed by atoms with Gasteiger partial charge in [0.05, 0.1) is 5.92 Å². The van der Waals surface area contributed by atoms with Crippen LogP contribution in [0.1, 0.15) is 13.3 Å². The third-order valence-electron chi connectivity index (χ3n) is 3.04. The van der Waals surface area contributed by atoms with Crippen molar-refractivity contribution in [2.75, 3.05) is 6.54 Å². The van der Waals surface area contributed by atoms with Crippen LogP contribution in [0, 0.1) is 5.92 Å². The van der Waals surface area contributed by atoms with Crippen LogP contribution in [0.2, 0.25) is 0 Å². The number of carbonyl (C=O) groups excluding carboxylic acids is 1. The van der Waals surface area contributed by atoms with Crippen molar-refractivity contribution in [1.82, 2.24) is 14.5 Å². The van der Waals surface area contributed by atoms with Crippen molar-refractivity contribution in [2.24, 2.45) is 5.92 Å². The number of carboxylic acids is 1. The van der Waals surface area contributed by atoms with Crippen molar-refractivity contribution >= 4 is 12.0 Å². The molecule has 6 nitrogen and oxygen atoms in total. The maximum absolute atomic E-state index is 11.9. The first kappa shape index (κ1) is 10.7. The number of hydrogen-bond donors (Lipinski definition) is 1. The Bertz CT molecular complexity index is 401. The number of amides is 1. The number of hydrogen-bond acceptors (Lipinski definition) is 3. The average molecular weight is 223 g/mol. The summed E-state index contributed by atoms with van der Waals surface area (Å²) in [5, 5.41) is 8.96. The van der Waals surface area contributed by atoms with E-state index >= 15 is 0 Å². The van der Waals surface area contributed by atoms with Gasteiger partial charge in [0.15, 0.2) is 0 Å². The topological polar surface area (TPSA) is 75.4 Å². The summed E-state index contributed by atoms with van der Waals surface area (Å²) in [5.41, 5.74) is 0. The maximum atomic E-state index is 11.9. The third kappa shape index (κ3) is 1.66. The van der Waals surface area contributed by atoms with Crippen molar-refractivity contribution in [3.8, 4) is 0 Å². The molecule has 0 radical (unpaired) electrons. The predicted molar refractivity (Wildman–Crippen MR) is 54.9 cm³/mol. The van der Waals surface area contributed by atoms with Gasteiger partial charge < -0.3 is 10.0 Å². The molecule has 0 spiro atoms. The van der Waals surface area contributed by atoms with E-state index in [1.54, 1.807) is 18.0 Å². The number of rotatable bonds is 1. The number of aromatic nitrogens is 2. The number of aliphatic carboxylic acids is 1. The fraction of sp³-hybridized carbons (Fsp3) is 0.500. The predicted octanol–water partition coefficient (Wildman–Crippen LogP) is 0.646. The standard InChI is InChI=1S/C10H13N3O3/c1-7-8(9(14)15)2-4-13(7)10(16)12-5-3-11-6-12/h3,5-8H,2,4H2,1H3,(H,14,15)/t7?,8-/m1/s1. The Morgan fingerprint density at radius 2 is 2.25 bits per heavy atom. The number of imidazole rings is 1. The number of carbonyl (C=O) groups is 2. The van der Waals surface area contributed by atoms with Crippen molar-refractivity contribution in [3.05, 3.63) is 18.7 Å². The highest BCUT2D eigenvalue weighted by molar-refractivity contribution is 5.79. The van der Waals surface area contributed by atoms with Crippen LogP contribution in [0.4, 0.5) is 4.79 Å². The first-order chi connectivity index (χ1) is 7.61. The molecule has 1 amide bonds. The zero-order valence-electron chi connectivity index (χ0n) is 8.91. The molecule has 1 aliphatic rings. The highest BCUT2D eigenvalue weighted by Gasteiger charge is 2.38. The van der Waals surface area contributed by atoms with Gasteiger partial charge in [-0.3, -0.25) is 9.36 Å². The van der Waals surface area contributed by atoms with Gasteiger partial charge in [-0.05, 0) is 13.3 Å².